The quantitative estimate of drug-likeness (QED) is 0.647. The van der Waals surface area contributed by atoms with Crippen molar-refractivity contribution in [2.45, 2.75) is 25.0 Å². The Morgan fingerprint density at radius 1 is 1.32 bits per heavy atom. The molecule has 0 radical (unpaired) electrons. The summed E-state index contributed by atoms with van der Waals surface area (Å²) in [5.41, 5.74) is 2.77. The smallest absolute Gasteiger partial charge is 0.328 e. The van der Waals surface area contributed by atoms with Gasteiger partial charge in [0.2, 0.25) is 0 Å². The Hall–Kier alpha value is -2.99. The van der Waals surface area contributed by atoms with Crippen molar-refractivity contribution < 1.29 is 19.1 Å². The zero-order valence-electron chi connectivity index (χ0n) is 15.2. The highest BCUT2D eigenvalue weighted by Crippen LogP contribution is 2.31. The molecule has 0 saturated carbocycles. The standard InChI is InChI=1S/C21H19ClN2O4/c1-27-21(26)17(9-13-11-23-16-5-3-2-4-15(13)16)24-20(25)19-10-12-8-14(22)6-7-18(12)28-19/h2-8,11,17,19,23H,9-10H2,1H3,(H,24,25). The van der Waals surface area contributed by atoms with Crippen molar-refractivity contribution in [3.05, 3.63) is 64.8 Å². The van der Waals surface area contributed by atoms with Crippen LogP contribution in [0.5, 0.6) is 5.75 Å². The SMILES string of the molecule is COC(=O)C(Cc1c[nH]c2ccccc12)NC(=O)C1Cc2cc(Cl)ccc2O1. The third-order valence-corrected chi connectivity index (χ3v) is 5.13. The Kier molecular flexibility index (Phi) is 4.96. The minimum absolute atomic E-state index is 0.313. The highest BCUT2D eigenvalue weighted by atomic mass is 35.5. The van der Waals surface area contributed by atoms with Crippen LogP contribution in [-0.4, -0.2) is 36.1 Å². The molecule has 28 heavy (non-hydrogen) atoms. The minimum atomic E-state index is -0.812. The van der Waals surface area contributed by atoms with Gasteiger partial charge >= 0.3 is 5.97 Å². The Balaban J connectivity index is 1.49. The Bertz CT molecular complexity index is 1050. The number of hydrogen-bond donors (Lipinski definition) is 2. The van der Waals surface area contributed by atoms with Crippen molar-refractivity contribution in [3.8, 4) is 5.75 Å². The minimum Gasteiger partial charge on any atom is -0.480 e. The number of nitrogens with one attached hydrogen (secondary N) is 2. The third kappa shape index (κ3) is 3.55. The summed E-state index contributed by atoms with van der Waals surface area (Å²) in [6.45, 7) is 0. The molecule has 2 heterocycles. The first-order valence-electron chi connectivity index (χ1n) is 8.93. The molecule has 0 saturated heterocycles. The van der Waals surface area contributed by atoms with Crippen LogP contribution in [0.25, 0.3) is 10.9 Å². The zero-order valence-corrected chi connectivity index (χ0v) is 16.0. The van der Waals surface area contributed by atoms with Crippen molar-refractivity contribution >= 4 is 34.4 Å². The van der Waals surface area contributed by atoms with Gasteiger partial charge in [-0.25, -0.2) is 4.79 Å². The number of ether oxygens (including phenoxy) is 2. The van der Waals surface area contributed by atoms with Gasteiger partial charge in [0.05, 0.1) is 7.11 Å². The molecule has 2 unspecified atom stereocenters. The highest BCUT2D eigenvalue weighted by Gasteiger charge is 2.32. The number of benzene rings is 2. The fourth-order valence-corrected chi connectivity index (χ4v) is 3.68. The number of methoxy groups -OCH3 is 1. The molecule has 1 aliphatic heterocycles. The number of hydrogen-bond acceptors (Lipinski definition) is 4. The van der Waals surface area contributed by atoms with Gasteiger partial charge in [-0.05, 0) is 35.4 Å². The van der Waals surface area contributed by atoms with E-state index in [0.29, 0.717) is 23.6 Å². The molecule has 4 rings (SSSR count). The number of H-pyrrole nitrogens is 1. The number of amides is 1. The Morgan fingerprint density at radius 3 is 2.96 bits per heavy atom. The van der Waals surface area contributed by atoms with Crippen molar-refractivity contribution in [2.75, 3.05) is 7.11 Å². The van der Waals surface area contributed by atoms with Crippen LogP contribution >= 0.6 is 11.6 Å². The summed E-state index contributed by atoms with van der Waals surface area (Å²) < 4.78 is 10.6. The number of carbonyl (C=O) groups excluding carboxylic acids is 2. The fourth-order valence-electron chi connectivity index (χ4n) is 3.48. The number of esters is 1. The van der Waals surface area contributed by atoms with Crippen molar-refractivity contribution in [2.24, 2.45) is 0 Å². The van der Waals surface area contributed by atoms with E-state index in [0.717, 1.165) is 22.0 Å². The van der Waals surface area contributed by atoms with E-state index in [1.54, 1.807) is 18.2 Å². The maximum Gasteiger partial charge on any atom is 0.328 e. The highest BCUT2D eigenvalue weighted by molar-refractivity contribution is 6.30. The summed E-state index contributed by atoms with van der Waals surface area (Å²) in [5, 5.41) is 4.37. The predicted octanol–water partition coefficient (Wildman–Crippen LogP) is 3.03. The molecular formula is C21H19ClN2O4. The van der Waals surface area contributed by atoms with Crippen LogP contribution in [0.15, 0.2) is 48.7 Å². The lowest BCUT2D eigenvalue weighted by Crippen LogP contribution is -2.48. The lowest BCUT2D eigenvalue weighted by molar-refractivity contribution is -0.145. The number of rotatable bonds is 5. The average molecular weight is 399 g/mol. The van der Waals surface area contributed by atoms with Gasteiger partial charge in [-0.1, -0.05) is 29.8 Å². The molecular weight excluding hydrogens is 380 g/mol. The summed E-state index contributed by atoms with van der Waals surface area (Å²) >= 11 is 6.00. The number of halogens is 1. The van der Waals surface area contributed by atoms with E-state index in [1.165, 1.54) is 7.11 Å². The van der Waals surface area contributed by atoms with Gasteiger partial charge in [0.15, 0.2) is 6.10 Å². The summed E-state index contributed by atoms with van der Waals surface area (Å²) in [6, 6.07) is 12.2. The normalized spacial score (nSPS) is 16.3. The monoisotopic (exact) mass is 398 g/mol. The zero-order chi connectivity index (χ0) is 19.7. The maximum absolute atomic E-state index is 12.7. The summed E-state index contributed by atoms with van der Waals surface area (Å²) in [5.74, 6) is -0.226. The molecule has 2 N–H and O–H groups in total. The lowest BCUT2D eigenvalue weighted by atomic mass is 10.0. The third-order valence-electron chi connectivity index (χ3n) is 4.89. The largest absolute Gasteiger partial charge is 0.480 e. The van der Waals surface area contributed by atoms with E-state index in [-0.39, 0.29) is 5.91 Å². The molecule has 3 aromatic rings. The first-order chi connectivity index (χ1) is 13.5. The average Bonchev–Trinajstić information content (AvgIpc) is 3.30. The van der Waals surface area contributed by atoms with E-state index in [2.05, 4.69) is 10.3 Å². The molecule has 1 amide bonds. The molecule has 1 aromatic heterocycles. The van der Waals surface area contributed by atoms with Crippen LogP contribution in [-0.2, 0) is 27.2 Å². The summed E-state index contributed by atoms with van der Waals surface area (Å²) in [6.07, 6.45) is 1.86. The molecule has 6 nitrogen and oxygen atoms in total. The van der Waals surface area contributed by atoms with Gasteiger partial charge in [0.1, 0.15) is 11.8 Å². The molecule has 0 fully saturated rings. The van der Waals surface area contributed by atoms with Gasteiger partial charge in [-0.3, -0.25) is 4.79 Å². The van der Waals surface area contributed by atoms with E-state index in [9.17, 15) is 9.59 Å². The Morgan fingerprint density at radius 2 is 2.14 bits per heavy atom. The van der Waals surface area contributed by atoms with Crippen LogP contribution in [0.4, 0.5) is 0 Å². The topological polar surface area (TPSA) is 80.4 Å². The van der Waals surface area contributed by atoms with E-state index >= 15 is 0 Å². The van der Waals surface area contributed by atoms with Gasteiger partial charge in [0, 0.05) is 35.0 Å². The number of fused-ring (bicyclic) bond motifs is 2. The second kappa shape index (κ2) is 7.56. The summed E-state index contributed by atoms with van der Waals surface area (Å²) in [7, 11) is 1.31. The van der Waals surface area contributed by atoms with Gasteiger partial charge in [-0.2, -0.15) is 0 Å². The summed E-state index contributed by atoms with van der Waals surface area (Å²) in [4.78, 5) is 28.2. The van der Waals surface area contributed by atoms with Crippen LogP contribution < -0.4 is 10.1 Å². The molecule has 2 atom stereocenters. The Labute approximate surface area is 166 Å². The van der Waals surface area contributed by atoms with Crippen LogP contribution in [0.3, 0.4) is 0 Å². The van der Waals surface area contributed by atoms with Gasteiger partial charge in [-0.15, -0.1) is 0 Å². The first kappa shape index (κ1) is 18.4. The predicted molar refractivity (Wildman–Crippen MR) is 106 cm³/mol. The second-order valence-electron chi connectivity index (χ2n) is 6.71. The van der Waals surface area contributed by atoms with Crippen molar-refractivity contribution in [3.63, 3.8) is 0 Å². The fraction of sp³-hybridized carbons (Fsp3) is 0.238. The van der Waals surface area contributed by atoms with Gasteiger partial charge < -0.3 is 19.8 Å². The number of aromatic amines is 1. The number of para-hydroxylation sites is 1. The molecule has 2 aromatic carbocycles. The van der Waals surface area contributed by atoms with Crippen molar-refractivity contribution in [1.82, 2.24) is 10.3 Å². The van der Waals surface area contributed by atoms with E-state index in [1.807, 2.05) is 30.5 Å². The van der Waals surface area contributed by atoms with Crippen LogP contribution in [0.1, 0.15) is 11.1 Å². The molecule has 144 valence electrons. The first-order valence-corrected chi connectivity index (χ1v) is 9.31. The molecule has 7 heteroatoms. The van der Waals surface area contributed by atoms with E-state index in [4.69, 9.17) is 21.1 Å². The van der Waals surface area contributed by atoms with Gasteiger partial charge in [0.25, 0.3) is 5.91 Å². The second-order valence-corrected chi connectivity index (χ2v) is 7.15. The van der Waals surface area contributed by atoms with Crippen LogP contribution in [0, 0.1) is 0 Å². The molecule has 0 spiro atoms. The lowest BCUT2D eigenvalue weighted by Gasteiger charge is -2.18. The number of aromatic nitrogens is 1. The van der Waals surface area contributed by atoms with E-state index < -0.39 is 18.1 Å². The molecule has 0 aliphatic carbocycles. The van der Waals surface area contributed by atoms with Crippen LogP contribution in [0.2, 0.25) is 5.02 Å². The molecule has 1 aliphatic rings. The maximum atomic E-state index is 12.7. The van der Waals surface area contributed by atoms with Crippen molar-refractivity contribution in [1.29, 1.82) is 0 Å². The number of carbonyl (C=O) groups is 2. The molecule has 0 bridgehead atoms.